The Kier molecular flexibility index (Phi) is 5.78. The molecule has 0 N–H and O–H groups in total. The van der Waals surface area contributed by atoms with Crippen LogP contribution >= 0.6 is 11.6 Å². The van der Waals surface area contributed by atoms with Crippen LogP contribution in [0.5, 0.6) is 0 Å². The first-order valence-corrected chi connectivity index (χ1v) is 6.18. The van der Waals surface area contributed by atoms with Gasteiger partial charge in [0.05, 0.1) is 6.10 Å². The Labute approximate surface area is 111 Å². The van der Waals surface area contributed by atoms with Gasteiger partial charge in [0, 0.05) is 5.02 Å². The van der Waals surface area contributed by atoms with Gasteiger partial charge in [-0.3, -0.25) is 0 Å². The molecule has 0 aliphatic carbocycles. The monoisotopic (exact) mass is 269 g/mol. The van der Waals surface area contributed by atoms with Gasteiger partial charge in [0.1, 0.15) is 0 Å². The first-order valence-electron chi connectivity index (χ1n) is 5.80. The van der Waals surface area contributed by atoms with Crippen molar-refractivity contribution in [2.45, 2.75) is 38.8 Å². The third kappa shape index (κ3) is 4.84. The smallest absolute Gasteiger partial charge is 0.334 e. The topological polar surface area (TPSA) is 55.7 Å². The maximum absolute atomic E-state index is 11.5. The van der Waals surface area contributed by atoms with Crippen LogP contribution in [0, 0.1) is 4.91 Å². The summed E-state index contributed by atoms with van der Waals surface area (Å²) in [6.07, 6.45) is 0.689. The summed E-state index contributed by atoms with van der Waals surface area (Å²) in [4.78, 5) is 22.2. The van der Waals surface area contributed by atoms with Gasteiger partial charge < -0.3 is 4.74 Å². The highest BCUT2D eigenvalue weighted by atomic mass is 35.5. The molecule has 1 atom stereocenters. The third-order valence-corrected chi connectivity index (χ3v) is 2.62. The maximum Gasteiger partial charge on any atom is 0.334 e. The van der Waals surface area contributed by atoms with Crippen molar-refractivity contribution in [1.82, 2.24) is 0 Å². The lowest BCUT2D eigenvalue weighted by Crippen LogP contribution is -2.24. The van der Waals surface area contributed by atoms with Gasteiger partial charge in [0.2, 0.25) is 0 Å². The SMILES string of the molecule is CC(C)OC(=O)C(CCc1ccc(Cl)cc1)N=O. The maximum atomic E-state index is 11.5. The number of nitrogens with zero attached hydrogens (tertiary/aromatic N) is 1. The highest BCUT2D eigenvalue weighted by Crippen LogP contribution is 2.13. The summed E-state index contributed by atoms with van der Waals surface area (Å²) in [5.41, 5.74) is 1.00. The van der Waals surface area contributed by atoms with Gasteiger partial charge in [0.15, 0.2) is 6.04 Å². The van der Waals surface area contributed by atoms with Crippen molar-refractivity contribution in [3.63, 3.8) is 0 Å². The van der Waals surface area contributed by atoms with Gasteiger partial charge in [-0.1, -0.05) is 28.9 Å². The Balaban J connectivity index is 2.51. The third-order valence-electron chi connectivity index (χ3n) is 2.37. The van der Waals surface area contributed by atoms with Crippen molar-refractivity contribution in [3.05, 3.63) is 39.8 Å². The lowest BCUT2D eigenvalue weighted by atomic mass is 10.1. The molecule has 0 fully saturated rings. The second kappa shape index (κ2) is 7.11. The number of aryl methyl sites for hydroxylation is 1. The number of hydrogen-bond acceptors (Lipinski definition) is 4. The summed E-state index contributed by atoms with van der Waals surface area (Å²) in [5, 5.41) is 3.48. The fraction of sp³-hybridized carbons (Fsp3) is 0.462. The van der Waals surface area contributed by atoms with Crippen LogP contribution in [-0.4, -0.2) is 18.1 Å². The molecule has 0 spiro atoms. The Bertz CT molecular complexity index is 403. The largest absolute Gasteiger partial charge is 0.461 e. The van der Waals surface area contributed by atoms with Crippen LogP contribution in [0.1, 0.15) is 25.8 Å². The van der Waals surface area contributed by atoms with Crippen LogP contribution in [-0.2, 0) is 16.0 Å². The van der Waals surface area contributed by atoms with E-state index in [0.717, 1.165) is 5.56 Å². The van der Waals surface area contributed by atoms with E-state index in [9.17, 15) is 9.70 Å². The number of esters is 1. The zero-order valence-corrected chi connectivity index (χ0v) is 11.2. The molecule has 0 aliphatic rings. The Morgan fingerprint density at radius 1 is 1.33 bits per heavy atom. The number of hydrogen-bond donors (Lipinski definition) is 0. The van der Waals surface area contributed by atoms with E-state index >= 15 is 0 Å². The molecule has 0 radical (unpaired) electrons. The predicted octanol–water partition coefficient (Wildman–Crippen LogP) is 3.36. The van der Waals surface area contributed by atoms with Crippen molar-refractivity contribution in [3.8, 4) is 0 Å². The van der Waals surface area contributed by atoms with E-state index in [1.807, 2.05) is 12.1 Å². The zero-order valence-electron chi connectivity index (χ0n) is 10.4. The number of nitroso groups, excluding NO2 is 1. The number of halogens is 1. The second-order valence-electron chi connectivity index (χ2n) is 4.27. The molecular formula is C13H16ClNO3. The molecular weight excluding hydrogens is 254 g/mol. The molecule has 98 valence electrons. The van der Waals surface area contributed by atoms with Crippen molar-refractivity contribution in [2.24, 2.45) is 5.18 Å². The van der Waals surface area contributed by atoms with Crippen LogP contribution in [0.4, 0.5) is 0 Å². The molecule has 5 heteroatoms. The minimum absolute atomic E-state index is 0.239. The number of carbonyl (C=O) groups is 1. The molecule has 1 aromatic carbocycles. The van der Waals surface area contributed by atoms with Crippen LogP contribution in [0.2, 0.25) is 5.02 Å². The molecule has 0 aliphatic heterocycles. The van der Waals surface area contributed by atoms with Gasteiger partial charge in [-0.2, -0.15) is 0 Å². The van der Waals surface area contributed by atoms with E-state index in [2.05, 4.69) is 5.18 Å². The summed E-state index contributed by atoms with van der Waals surface area (Å²) in [7, 11) is 0. The first-order chi connectivity index (χ1) is 8.52. The van der Waals surface area contributed by atoms with Gasteiger partial charge in [0.25, 0.3) is 0 Å². The summed E-state index contributed by atoms with van der Waals surface area (Å²) in [5.74, 6) is -0.561. The number of rotatable bonds is 6. The minimum atomic E-state index is -0.942. The molecule has 0 aromatic heterocycles. The highest BCUT2D eigenvalue weighted by Gasteiger charge is 2.21. The average Bonchev–Trinajstić information content (AvgIpc) is 2.31. The van der Waals surface area contributed by atoms with Crippen LogP contribution in [0.3, 0.4) is 0 Å². The predicted molar refractivity (Wildman–Crippen MR) is 70.6 cm³/mol. The summed E-state index contributed by atoms with van der Waals surface area (Å²) in [6, 6.07) is 6.32. The van der Waals surface area contributed by atoms with E-state index in [0.29, 0.717) is 17.9 Å². The number of benzene rings is 1. The Hall–Kier alpha value is -1.42. The molecule has 1 rings (SSSR count). The van der Waals surface area contributed by atoms with Crippen molar-refractivity contribution in [1.29, 1.82) is 0 Å². The molecule has 1 aromatic rings. The lowest BCUT2D eigenvalue weighted by Gasteiger charge is -2.11. The van der Waals surface area contributed by atoms with E-state index in [1.165, 1.54) is 0 Å². The molecule has 18 heavy (non-hydrogen) atoms. The van der Waals surface area contributed by atoms with E-state index < -0.39 is 12.0 Å². The summed E-state index contributed by atoms with van der Waals surface area (Å²) >= 11 is 5.77. The van der Waals surface area contributed by atoms with E-state index in [1.54, 1.807) is 26.0 Å². The van der Waals surface area contributed by atoms with Crippen LogP contribution in [0.15, 0.2) is 29.4 Å². The second-order valence-corrected chi connectivity index (χ2v) is 4.71. The van der Waals surface area contributed by atoms with Gasteiger partial charge in [-0.25, -0.2) is 4.79 Å². The fourth-order valence-electron chi connectivity index (χ4n) is 1.48. The van der Waals surface area contributed by atoms with Crippen molar-refractivity contribution < 1.29 is 9.53 Å². The quantitative estimate of drug-likeness (QED) is 0.588. The normalized spacial score (nSPS) is 12.2. The van der Waals surface area contributed by atoms with Gasteiger partial charge in [-0.05, 0) is 44.4 Å². The van der Waals surface area contributed by atoms with Crippen LogP contribution in [0.25, 0.3) is 0 Å². The van der Waals surface area contributed by atoms with E-state index in [-0.39, 0.29) is 6.10 Å². The molecule has 0 bridgehead atoms. The van der Waals surface area contributed by atoms with E-state index in [4.69, 9.17) is 16.3 Å². The standard InChI is InChI=1S/C13H16ClNO3/c1-9(2)18-13(16)12(15-17)8-5-10-3-6-11(14)7-4-10/h3-4,6-7,9,12H,5,8H2,1-2H3. The Morgan fingerprint density at radius 3 is 2.44 bits per heavy atom. The minimum Gasteiger partial charge on any atom is -0.461 e. The van der Waals surface area contributed by atoms with Crippen molar-refractivity contribution >= 4 is 17.6 Å². The average molecular weight is 270 g/mol. The molecule has 0 amide bonds. The molecule has 0 heterocycles. The fourth-order valence-corrected chi connectivity index (χ4v) is 1.60. The number of carbonyl (C=O) groups excluding carboxylic acids is 1. The highest BCUT2D eigenvalue weighted by molar-refractivity contribution is 6.30. The first kappa shape index (κ1) is 14.6. The number of ether oxygens (including phenoxy) is 1. The summed E-state index contributed by atoms with van der Waals surface area (Å²) in [6.45, 7) is 3.47. The lowest BCUT2D eigenvalue weighted by molar-refractivity contribution is -0.149. The van der Waals surface area contributed by atoms with Crippen molar-refractivity contribution in [2.75, 3.05) is 0 Å². The summed E-state index contributed by atoms with van der Waals surface area (Å²) < 4.78 is 4.96. The molecule has 1 unspecified atom stereocenters. The van der Waals surface area contributed by atoms with Crippen LogP contribution < -0.4 is 0 Å². The molecule has 0 saturated carbocycles. The molecule has 0 saturated heterocycles. The van der Waals surface area contributed by atoms with Gasteiger partial charge in [-0.15, -0.1) is 4.91 Å². The van der Waals surface area contributed by atoms with Gasteiger partial charge >= 0.3 is 5.97 Å². The molecule has 4 nitrogen and oxygen atoms in total. The Morgan fingerprint density at radius 2 is 1.94 bits per heavy atom. The zero-order chi connectivity index (χ0) is 13.5.